The summed E-state index contributed by atoms with van der Waals surface area (Å²) >= 11 is 0. The normalized spacial score (nSPS) is 11.0. The Hall–Kier alpha value is -2.37. The Bertz CT molecular complexity index is 661. The van der Waals surface area contributed by atoms with Crippen molar-refractivity contribution in [2.45, 2.75) is 13.5 Å². The fourth-order valence-corrected chi connectivity index (χ4v) is 1.90. The summed E-state index contributed by atoms with van der Waals surface area (Å²) in [5.74, 6) is 1.70. The van der Waals surface area contributed by atoms with Crippen LogP contribution in [0.25, 0.3) is 10.9 Å². The van der Waals surface area contributed by atoms with Crippen LogP contribution in [0.5, 0.6) is 0 Å². The SMILES string of the molecule is Cc1nc(CNc2cccc3[nH]ncc23)nn1C. The van der Waals surface area contributed by atoms with Crippen molar-refractivity contribution >= 4 is 16.6 Å². The van der Waals surface area contributed by atoms with E-state index >= 15 is 0 Å². The summed E-state index contributed by atoms with van der Waals surface area (Å²) in [6.45, 7) is 2.54. The Labute approximate surface area is 104 Å². The molecular formula is C12H14N6. The average Bonchev–Trinajstić information content (AvgIpc) is 2.94. The fourth-order valence-electron chi connectivity index (χ4n) is 1.90. The number of benzene rings is 1. The Balaban J connectivity index is 1.82. The van der Waals surface area contributed by atoms with Crippen LogP contribution in [0.15, 0.2) is 24.4 Å². The zero-order chi connectivity index (χ0) is 12.5. The molecule has 1 aromatic carbocycles. The maximum absolute atomic E-state index is 4.36. The van der Waals surface area contributed by atoms with Crippen molar-refractivity contribution < 1.29 is 0 Å². The molecule has 0 aliphatic carbocycles. The zero-order valence-electron chi connectivity index (χ0n) is 10.3. The van der Waals surface area contributed by atoms with E-state index in [2.05, 4.69) is 25.6 Å². The lowest BCUT2D eigenvalue weighted by atomic mass is 10.2. The van der Waals surface area contributed by atoms with Crippen molar-refractivity contribution in [3.8, 4) is 0 Å². The van der Waals surface area contributed by atoms with Crippen LogP contribution in [0.1, 0.15) is 11.6 Å². The van der Waals surface area contributed by atoms with Gasteiger partial charge in [0.05, 0.1) is 18.3 Å². The smallest absolute Gasteiger partial charge is 0.169 e. The molecule has 3 aromatic rings. The predicted octanol–water partition coefficient (Wildman–Crippen LogP) is 1.61. The number of hydrogen-bond acceptors (Lipinski definition) is 4. The van der Waals surface area contributed by atoms with Crippen LogP contribution in [0.4, 0.5) is 5.69 Å². The van der Waals surface area contributed by atoms with Gasteiger partial charge in [-0.3, -0.25) is 9.78 Å². The van der Waals surface area contributed by atoms with Gasteiger partial charge >= 0.3 is 0 Å². The lowest BCUT2D eigenvalue weighted by Crippen LogP contribution is -2.02. The van der Waals surface area contributed by atoms with Crippen LogP contribution in [0.3, 0.4) is 0 Å². The molecule has 0 aliphatic heterocycles. The number of nitrogens with one attached hydrogen (secondary N) is 2. The molecule has 0 aliphatic rings. The molecule has 0 saturated carbocycles. The molecule has 0 fully saturated rings. The summed E-state index contributed by atoms with van der Waals surface area (Å²) in [4.78, 5) is 4.36. The molecule has 2 aromatic heterocycles. The molecule has 0 bridgehead atoms. The number of rotatable bonds is 3. The van der Waals surface area contributed by atoms with E-state index in [4.69, 9.17) is 0 Å². The summed E-state index contributed by atoms with van der Waals surface area (Å²) in [6, 6.07) is 6.00. The van der Waals surface area contributed by atoms with Crippen molar-refractivity contribution in [1.29, 1.82) is 0 Å². The van der Waals surface area contributed by atoms with Crippen LogP contribution in [0.2, 0.25) is 0 Å². The molecular weight excluding hydrogens is 228 g/mol. The molecule has 18 heavy (non-hydrogen) atoms. The molecule has 92 valence electrons. The highest BCUT2D eigenvalue weighted by molar-refractivity contribution is 5.90. The summed E-state index contributed by atoms with van der Waals surface area (Å²) in [6.07, 6.45) is 1.81. The third-order valence-electron chi connectivity index (χ3n) is 2.95. The summed E-state index contributed by atoms with van der Waals surface area (Å²) in [7, 11) is 1.89. The first-order valence-corrected chi connectivity index (χ1v) is 5.76. The first-order chi connectivity index (χ1) is 8.74. The average molecular weight is 242 g/mol. The number of H-pyrrole nitrogens is 1. The Morgan fingerprint density at radius 3 is 3.06 bits per heavy atom. The number of anilines is 1. The lowest BCUT2D eigenvalue weighted by molar-refractivity contribution is 0.723. The standard InChI is InChI=1S/C12H14N6/c1-8-15-12(17-18(8)2)7-13-10-4-3-5-11-9(10)6-14-16-11/h3-6,13H,7H2,1-2H3,(H,14,16). The van der Waals surface area contributed by atoms with Crippen LogP contribution in [-0.4, -0.2) is 25.0 Å². The van der Waals surface area contributed by atoms with E-state index in [1.165, 1.54) is 0 Å². The molecule has 2 heterocycles. The zero-order valence-corrected chi connectivity index (χ0v) is 10.3. The minimum absolute atomic E-state index is 0.603. The largest absolute Gasteiger partial charge is 0.377 e. The van der Waals surface area contributed by atoms with Gasteiger partial charge < -0.3 is 5.32 Å². The van der Waals surface area contributed by atoms with Gasteiger partial charge in [-0.2, -0.15) is 10.2 Å². The molecule has 2 N–H and O–H groups in total. The van der Waals surface area contributed by atoms with E-state index in [-0.39, 0.29) is 0 Å². The maximum atomic E-state index is 4.36. The van der Waals surface area contributed by atoms with E-state index in [9.17, 15) is 0 Å². The molecule has 3 rings (SSSR count). The van der Waals surface area contributed by atoms with Gasteiger partial charge in [-0.1, -0.05) is 6.07 Å². The maximum Gasteiger partial charge on any atom is 0.169 e. The number of aromatic nitrogens is 5. The Kier molecular flexibility index (Phi) is 2.47. The van der Waals surface area contributed by atoms with Crippen LogP contribution in [0, 0.1) is 6.92 Å². The topological polar surface area (TPSA) is 71.4 Å². The van der Waals surface area contributed by atoms with Gasteiger partial charge in [0.1, 0.15) is 5.82 Å². The molecule has 0 atom stereocenters. The van der Waals surface area contributed by atoms with Gasteiger partial charge in [-0.15, -0.1) is 0 Å². The quantitative estimate of drug-likeness (QED) is 0.732. The van der Waals surface area contributed by atoms with Crippen molar-refractivity contribution in [2.24, 2.45) is 7.05 Å². The molecule has 6 heteroatoms. The van der Waals surface area contributed by atoms with Crippen molar-refractivity contribution in [2.75, 3.05) is 5.32 Å². The van der Waals surface area contributed by atoms with E-state index in [0.29, 0.717) is 6.54 Å². The van der Waals surface area contributed by atoms with Crippen LogP contribution < -0.4 is 5.32 Å². The Morgan fingerprint density at radius 2 is 2.28 bits per heavy atom. The number of fused-ring (bicyclic) bond motifs is 1. The van der Waals surface area contributed by atoms with E-state index < -0.39 is 0 Å². The number of hydrogen-bond donors (Lipinski definition) is 2. The highest BCUT2D eigenvalue weighted by Crippen LogP contribution is 2.21. The second kappa shape index (κ2) is 4.14. The second-order valence-electron chi connectivity index (χ2n) is 4.19. The van der Waals surface area contributed by atoms with E-state index in [1.807, 2.05) is 38.4 Å². The summed E-state index contributed by atoms with van der Waals surface area (Å²) in [5.41, 5.74) is 2.05. The third kappa shape index (κ3) is 1.81. The molecule has 6 nitrogen and oxygen atoms in total. The molecule has 0 amide bonds. The van der Waals surface area contributed by atoms with Crippen LogP contribution >= 0.6 is 0 Å². The van der Waals surface area contributed by atoms with Gasteiger partial charge in [0.25, 0.3) is 0 Å². The fraction of sp³-hybridized carbons (Fsp3) is 0.250. The van der Waals surface area contributed by atoms with Gasteiger partial charge in [0.15, 0.2) is 5.82 Å². The first-order valence-electron chi connectivity index (χ1n) is 5.76. The van der Waals surface area contributed by atoms with Gasteiger partial charge in [0.2, 0.25) is 0 Å². The minimum atomic E-state index is 0.603. The number of aryl methyl sites for hydroxylation is 2. The molecule has 0 radical (unpaired) electrons. The van der Waals surface area contributed by atoms with E-state index in [0.717, 1.165) is 28.2 Å². The van der Waals surface area contributed by atoms with Gasteiger partial charge in [-0.25, -0.2) is 4.98 Å². The van der Waals surface area contributed by atoms with Crippen molar-refractivity contribution in [3.05, 3.63) is 36.0 Å². The monoisotopic (exact) mass is 242 g/mol. The third-order valence-corrected chi connectivity index (χ3v) is 2.95. The van der Waals surface area contributed by atoms with Crippen molar-refractivity contribution in [1.82, 2.24) is 25.0 Å². The van der Waals surface area contributed by atoms with E-state index in [1.54, 1.807) is 4.68 Å². The summed E-state index contributed by atoms with van der Waals surface area (Å²) < 4.78 is 1.77. The minimum Gasteiger partial charge on any atom is -0.377 e. The highest BCUT2D eigenvalue weighted by atomic mass is 15.3. The molecule has 0 spiro atoms. The second-order valence-corrected chi connectivity index (χ2v) is 4.19. The highest BCUT2D eigenvalue weighted by Gasteiger charge is 2.05. The number of nitrogens with zero attached hydrogens (tertiary/aromatic N) is 4. The number of aromatic amines is 1. The van der Waals surface area contributed by atoms with Crippen molar-refractivity contribution in [3.63, 3.8) is 0 Å². The lowest BCUT2D eigenvalue weighted by Gasteiger charge is -2.04. The Morgan fingerprint density at radius 1 is 1.39 bits per heavy atom. The molecule has 0 unspecified atom stereocenters. The van der Waals surface area contributed by atoms with Gasteiger partial charge in [-0.05, 0) is 19.1 Å². The summed E-state index contributed by atoms with van der Waals surface area (Å²) in [5, 5.41) is 15.7. The first kappa shape index (κ1) is 10.8. The van der Waals surface area contributed by atoms with Crippen LogP contribution in [-0.2, 0) is 13.6 Å². The van der Waals surface area contributed by atoms with Gasteiger partial charge in [0, 0.05) is 18.1 Å². The molecule has 0 saturated heterocycles. The predicted molar refractivity (Wildman–Crippen MR) is 69.2 cm³/mol.